The molecule has 1 radical (unpaired) electrons. The molecule has 0 aliphatic carbocycles. The van der Waals surface area contributed by atoms with Gasteiger partial charge >= 0.3 is 12.4 Å². The molecule has 0 aromatic carbocycles. The predicted octanol–water partition coefficient (Wildman–Crippen LogP) is 0.369. The van der Waals surface area contributed by atoms with Gasteiger partial charge in [-0.15, -0.1) is 0 Å². The van der Waals surface area contributed by atoms with Crippen molar-refractivity contribution in [1.29, 1.82) is 0 Å². The van der Waals surface area contributed by atoms with Gasteiger partial charge in [-0.3, -0.25) is 4.79 Å². The normalized spacial score (nSPS) is 11.8. The highest BCUT2D eigenvalue weighted by molar-refractivity contribution is 5.69. The summed E-state index contributed by atoms with van der Waals surface area (Å²) in [5, 5.41) is 0. The maximum absolute atomic E-state index is 10.5. The Kier molecular flexibility index (Phi) is 4.28. The van der Waals surface area contributed by atoms with E-state index in [1.54, 1.807) is 6.92 Å². The number of hydrogen-bond donors (Lipinski definition) is 0. The fourth-order valence-corrected chi connectivity index (χ4v) is 0.360. The van der Waals surface area contributed by atoms with Crippen LogP contribution < -0.4 is 0 Å². The number of ether oxygens (including phenoxy) is 2. The summed E-state index contributed by atoms with van der Waals surface area (Å²) in [6, 6.07) is 0. The molecule has 0 aromatic rings. The fourth-order valence-electron chi connectivity index (χ4n) is 0.360. The number of rotatable bonds is 4. The quantitative estimate of drug-likeness (QED) is 0.423. The maximum atomic E-state index is 10.5. The monoisotopic (exact) mass is 145 g/mol. The Bertz CT molecular complexity index is 121. The molecular formula is C6H9O4. The molecule has 4 nitrogen and oxygen atoms in total. The lowest BCUT2D eigenvalue weighted by Gasteiger charge is -2.08. The van der Waals surface area contributed by atoms with Crippen LogP contribution in [0, 0.1) is 0 Å². The van der Waals surface area contributed by atoms with Crippen LogP contribution in [0.5, 0.6) is 0 Å². The second-order valence-corrected chi connectivity index (χ2v) is 1.61. The molecule has 0 N–H and O–H groups in total. The van der Waals surface area contributed by atoms with Gasteiger partial charge in [0.05, 0.1) is 0 Å². The Labute approximate surface area is 59.1 Å². The van der Waals surface area contributed by atoms with E-state index in [0.29, 0.717) is 0 Å². The minimum absolute atomic E-state index is 0.270. The van der Waals surface area contributed by atoms with Crippen LogP contribution >= 0.6 is 0 Å². The van der Waals surface area contributed by atoms with Gasteiger partial charge in [-0.1, -0.05) is 6.92 Å². The summed E-state index contributed by atoms with van der Waals surface area (Å²) in [7, 11) is 0. The van der Waals surface area contributed by atoms with Crippen LogP contribution in [0.25, 0.3) is 0 Å². The first-order chi connectivity index (χ1) is 4.70. The predicted molar refractivity (Wildman–Crippen MR) is 32.6 cm³/mol. The van der Waals surface area contributed by atoms with E-state index in [4.69, 9.17) is 0 Å². The second-order valence-electron chi connectivity index (χ2n) is 1.61. The zero-order valence-corrected chi connectivity index (χ0v) is 5.92. The smallest absolute Gasteiger partial charge is 0.420 e. The topological polar surface area (TPSA) is 52.6 Å². The zero-order chi connectivity index (χ0) is 7.98. The van der Waals surface area contributed by atoms with Gasteiger partial charge in [0, 0.05) is 13.3 Å². The van der Waals surface area contributed by atoms with Gasteiger partial charge in [-0.05, 0) is 0 Å². The molecule has 1 atom stereocenters. The van der Waals surface area contributed by atoms with E-state index in [9.17, 15) is 9.59 Å². The van der Waals surface area contributed by atoms with Gasteiger partial charge in [-0.2, -0.15) is 0 Å². The molecule has 0 aliphatic rings. The van der Waals surface area contributed by atoms with Crippen LogP contribution in [0.3, 0.4) is 0 Å². The molecule has 0 spiro atoms. The van der Waals surface area contributed by atoms with Crippen molar-refractivity contribution in [1.82, 2.24) is 0 Å². The summed E-state index contributed by atoms with van der Waals surface area (Å²) in [5.41, 5.74) is 0. The van der Waals surface area contributed by atoms with E-state index in [1.807, 2.05) is 0 Å². The van der Waals surface area contributed by atoms with Crippen LogP contribution in [-0.4, -0.2) is 18.7 Å². The summed E-state index contributed by atoms with van der Waals surface area (Å²) in [5.74, 6) is -0.400. The Balaban J connectivity index is 3.46. The van der Waals surface area contributed by atoms with Crippen LogP contribution in [-0.2, 0) is 19.1 Å². The highest BCUT2D eigenvalue weighted by Gasteiger charge is 2.06. The zero-order valence-electron chi connectivity index (χ0n) is 5.92. The van der Waals surface area contributed by atoms with E-state index < -0.39 is 12.3 Å². The number of esters is 1. The summed E-state index contributed by atoms with van der Waals surface area (Å²) < 4.78 is 8.68. The Morgan fingerprint density at radius 2 is 2.30 bits per heavy atom. The highest BCUT2D eigenvalue weighted by Crippen LogP contribution is 1.93. The molecule has 0 rings (SSSR count). The molecule has 0 bridgehead atoms. The van der Waals surface area contributed by atoms with E-state index in [1.165, 1.54) is 13.4 Å². The summed E-state index contributed by atoms with van der Waals surface area (Å²) in [6.07, 6.45) is -0.558. The molecule has 1 unspecified atom stereocenters. The molecule has 0 fully saturated rings. The second kappa shape index (κ2) is 4.78. The van der Waals surface area contributed by atoms with Crippen molar-refractivity contribution in [2.45, 2.75) is 26.6 Å². The summed E-state index contributed by atoms with van der Waals surface area (Å²) in [6.45, 7) is 4.27. The standard InChI is InChI=1S/C6H9O4/c1-3-6(8)10-5(2)9-4-7/h5H,3H2,1-2H3. The first-order valence-electron chi connectivity index (χ1n) is 2.93. The van der Waals surface area contributed by atoms with E-state index in [0.717, 1.165) is 0 Å². The number of carbonyl (C=O) groups excluding carboxylic acids is 2. The van der Waals surface area contributed by atoms with Crippen LogP contribution in [0.15, 0.2) is 0 Å². The molecule has 4 heteroatoms. The van der Waals surface area contributed by atoms with Gasteiger partial charge in [0.1, 0.15) is 0 Å². The Morgan fingerprint density at radius 3 is 2.70 bits per heavy atom. The summed E-state index contributed by atoms with van der Waals surface area (Å²) in [4.78, 5) is 20.0. The first-order valence-corrected chi connectivity index (χ1v) is 2.93. The van der Waals surface area contributed by atoms with Crippen molar-refractivity contribution in [3.05, 3.63) is 0 Å². The average molecular weight is 145 g/mol. The molecule has 10 heavy (non-hydrogen) atoms. The highest BCUT2D eigenvalue weighted by atomic mass is 16.7. The van der Waals surface area contributed by atoms with Gasteiger partial charge in [-0.25, -0.2) is 4.79 Å². The molecule has 57 valence electrons. The lowest BCUT2D eigenvalue weighted by Crippen LogP contribution is -2.16. The largest absolute Gasteiger partial charge is 0.425 e. The van der Waals surface area contributed by atoms with Gasteiger partial charge in [0.2, 0.25) is 6.29 Å². The van der Waals surface area contributed by atoms with Crippen molar-refractivity contribution < 1.29 is 19.1 Å². The molecule has 0 aliphatic heterocycles. The molecule has 0 saturated carbocycles. The maximum Gasteiger partial charge on any atom is 0.420 e. The third-order valence-electron chi connectivity index (χ3n) is 0.800. The number of hydrogen-bond acceptors (Lipinski definition) is 4. The SMILES string of the molecule is CCC(=O)OC(C)O[C]=O. The van der Waals surface area contributed by atoms with Gasteiger partial charge in [0.15, 0.2) is 0 Å². The van der Waals surface area contributed by atoms with Crippen LogP contribution in [0.2, 0.25) is 0 Å². The average Bonchev–Trinajstić information content (AvgIpc) is 1.88. The van der Waals surface area contributed by atoms with E-state index in [-0.39, 0.29) is 6.42 Å². The number of carbonyl (C=O) groups is 1. The van der Waals surface area contributed by atoms with E-state index in [2.05, 4.69) is 9.47 Å². The molecular weight excluding hydrogens is 136 g/mol. The van der Waals surface area contributed by atoms with Gasteiger partial charge < -0.3 is 9.47 Å². The molecule has 0 saturated heterocycles. The molecule has 0 amide bonds. The minimum atomic E-state index is -0.829. The van der Waals surface area contributed by atoms with Crippen molar-refractivity contribution in [2.24, 2.45) is 0 Å². The molecule has 0 aromatic heterocycles. The molecule has 0 heterocycles. The third kappa shape index (κ3) is 3.88. The van der Waals surface area contributed by atoms with Gasteiger partial charge in [0.25, 0.3) is 0 Å². The summed E-state index contributed by atoms with van der Waals surface area (Å²) >= 11 is 0. The Hall–Kier alpha value is -1.06. The Morgan fingerprint density at radius 1 is 1.70 bits per heavy atom. The van der Waals surface area contributed by atoms with Crippen molar-refractivity contribution in [3.8, 4) is 0 Å². The van der Waals surface area contributed by atoms with Crippen molar-refractivity contribution in [3.63, 3.8) is 0 Å². The first kappa shape index (κ1) is 8.94. The third-order valence-corrected chi connectivity index (χ3v) is 0.800. The van der Waals surface area contributed by atoms with Crippen LogP contribution in [0.1, 0.15) is 20.3 Å². The lowest BCUT2D eigenvalue weighted by atomic mass is 10.5. The minimum Gasteiger partial charge on any atom is -0.425 e. The van der Waals surface area contributed by atoms with Crippen molar-refractivity contribution in [2.75, 3.05) is 0 Å². The van der Waals surface area contributed by atoms with E-state index >= 15 is 0 Å². The lowest BCUT2D eigenvalue weighted by molar-refractivity contribution is -0.162. The van der Waals surface area contributed by atoms with Crippen LogP contribution in [0.4, 0.5) is 0 Å². The fraction of sp³-hybridized carbons (Fsp3) is 0.667. The van der Waals surface area contributed by atoms with Crippen molar-refractivity contribution >= 4 is 12.4 Å².